The number of rotatable bonds is 8. The van der Waals surface area contributed by atoms with Crippen LogP contribution in [0.1, 0.15) is 48.9 Å². The van der Waals surface area contributed by atoms with Gasteiger partial charge in [0, 0.05) is 16.7 Å². The number of nitriles is 1. The van der Waals surface area contributed by atoms with E-state index in [1.165, 1.54) is 5.56 Å². The molecule has 4 aromatic rings. The SMILES string of the molecule is CC(C)(C)c1ccc(OCC(=O)Oc2ccc3c(c2)OC(N)=C(C#N)C3c2ccc(OCc3ccc(Cl)cc3)cc2)cc1. The number of benzene rings is 4. The van der Waals surface area contributed by atoms with E-state index < -0.39 is 11.9 Å². The molecule has 0 bridgehead atoms. The maximum atomic E-state index is 12.5. The molecule has 1 heterocycles. The van der Waals surface area contributed by atoms with Crippen molar-refractivity contribution in [3.05, 3.63) is 130 Å². The van der Waals surface area contributed by atoms with E-state index in [2.05, 4.69) is 26.8 Å². The third kappa shape index (κ3) is 7.11. The first-order valence-corrected chi connectivity index (χ1v) is 14.1. The molecule has 1 aliphatic rings. The largest absolute Gasteiger partial charge is 0.489 e. The first kappa shape index (κ1) is 29.6. The zero-order valence-corrected chi connectivity index (χ0v) is 24.9. The minimum atomic E-state index is -0.567. The van der Waals surface area contributed by atoms with Crippen molar-refractivity contribution in [1.29, 1.82) is 5.26 Å². The average Bonchev–Trinajstić information content (AvgIpc) is 2.99. The molecule has 7 nitrogen and oxygen atoms in total. The van der Waals surface area contributed by atoms with E-state index in [9.17, 15) is 10.1 Å². The zero-order chi connectivity index (χ0) is 30.6. The summed E-state index contributed by atoms with van der Waals surface area (Å²) >= 11 is 5.96. The van der Waals surface area contributed by atoms with Crippen LogP contribution in [0.3, 0.4) is 0 Å². The molecule has 5 rings (SSSR count). The van der Waals surface area contributed by atoms with E-state index in [1.807, 2.05) is 72.8 Å². The van der Waals surface area contributed by atoms with Crippen molar-refractivity contribution in [3.8, 4) is 29.1 Å². The Bertz CT molecular complexity index is 1680. The predicted octanol–water partition coefficient (Wildman–Crippen LogP) is 7.42. The van der Waals surface area contributed by atoms with Gasteiger partial charge in [0.2, 0.25) is 5.88 Å². The number of allylic oxidation sites excluding steroid dienone is 1. The van der Waals surface area contributed by atoms with Gasteiger partial charge in [0.1, 0.15) is 41.2 Å². The van der Waals surface area contributed by atoms with E-state index in [4.69, 9.17) is 36.3 Å². The van der Waals surface area contributed by atoms with E-state index >= 15 is 0 Å². The van der Waals surface area contributed by atoms with Gasteiger partial charge in [-0.2, -0.15) is 5.26 Å². The molecule has 2 N–H and O–H groups in total. The van der Waals surface area contributed by atoms with Crippen LogP contribution in [0.4, 0.5) is 0 Å². The lowest BCUT2D eigenvalue weighted by atomic mass is 9.83. The summed E-state index contributed by atoms with van der Waals surface area (Å²) in [5.74, 6) is 0.877. The Morgan fingerprint density at radius 2 is 1.53 bits per heavy atom. The number of esters is 1. The number of halogens is 1. The molecule has 0 saturated carbocycles. The van der Waals surface area contributed by atoms with Gasteiger partial charge in [0.15, 0.2) is 6.61 Å². The van der Waals surface area contributed by atoms with Gasteiger partial charge in [-0.25, -0.2) is 4.79 Å². The van der Waals surface area contributed by atoms with Gasteiger partial charge in [0.25, 0.3) is 0 Å². The molecule has 218 valence electrons. The summed E-state index contributed by atoms with van der Waals surface area (Å²) in [7, 11) is 0. The maximum absolute atomic E-state index is 12.5. The Balaban J connectivity index is 1.26. The minimum absolute atomic E-state index is 0.00595. The second-order valence-electron chi connectivity index (χ2n) is 11.1. The summed E-state index contributed by atoms with van der Waals surface area (Å²) in [5, 5.41) is 10.6. The highest BCUT2D eigenvalue weighted by atomic mass is 35.5. The van der Waals surface area contributed by atoms with Crippen LogP contribution in [0.5, 0.6) is 23.0 Å². The molecule has 1 unspecified atom stereocenters. The first-order chi connectivity index (χ1) is 20.6. The Kier molecular flexibility index (Phi) is 8.61. The molecule has 0 radical (unpaired) electrons. The van der Waals surface area contributed by atoms with Gasteiger partial charge in [-0.3, -0.25) is 0 Å². The van der Waals surface area contributed by atoms with E-state index in [0.717, 1.165) is 16.7 Å². The number of hydrogen-bond donors (Lipinski definition) is 1. The topological polar surface area (TPSA) is 104 Å². The fraction of sp³-hybridized carbons (Fsp3) is 0.200. The molecule has 0 saturated heterocycles. The normalized spacial score (nSPS) is 14.3. The number of nitrogens with two attached hydrogens (primary N) is 1. The molecular weight excluding hydrogens is 564 g/mol. The second-order valence-corrected chi connectivity index (χ2v) is 11.6. The molecule has 0 spiro atoms. The first-order valence-electron chi connectivity index (χ1n) is 13.7. The summed E-state index contributed by atoms with van der Waals surface area (Å²) in [6.07, 6.45) is 0. The molecule has 4 aromatic carbocycles. The van der Waals surface area contributed by atoms with Gasteiger partial charge in [0.05, 0.1) is 5.92 Å². The lowest BCUT2D eigenvalue weighted by molar-refractivity contribution is -0.136. The zero-order valence-electron chi connectivity index (χ0n) is 24.1. The summed E-state index contributed by atoms with van der Waals surface area (Å²) in [6, 6.07) is 29.8. The highest BCUT2D eigenvalue weighted by molar-refractivity contribution is 6.30. The quantitative estimate of drug-likeness (QED) is 0.167. The van der Waals surface area contributed by atoms with E-state index in [0.29, 0.717) is 28.9 Å². The van der Waals surface area contributed by atoms with Gasteiger partial charge in [-0.15, -0.1) is 0 Å². The number of hydrogen-bond acceptors (Lipinski definition) is 7. The molecular formula is C35H31ClN2O5. The lowest BCUT2D eigenvalue weighted by Gasteiger charge is -2.26. The predicted molar refractivity (Wildman–Crippen MR) is 164 cm³/mol. The molecule has 0 aliphatic carbocycles. The van der Waals surface area contributed by atoms with Gasteiger partial charge in [-0.05, 0) is 64.6 Å². The number of carbonyl (C=O) groups is 1. The molecule has 1 aliphatic heterocycles. The van der Waals surface area contributed by atoms with Crippen LogP contribution in [-0.4, -0.2) is 12.6 Å². The van der Waals surface area contributed by atoms with Crippen molar-refractivity contribution >= 4 is 17.6 Å². The average molecular weight is 595 g/mol. The summed E-state index contributed by atoms with van der Waals surface area (Å²) in [6.45, 7) is 6.52. The highest BCUT2D eigenvalue weighted by Gasteiger charge is 2.31. The van der Waals surface area contributed by atoms with Crippen molar-refractivity contribution in [3.63, 3.8) is 0 Å². The number of fused-ring (bicyclic) bond motifs is 1. The van der Waals surface area contributed by atoms with Crippen LogP contribution in [0.15, 0.2) is 102 Å². The fourth-order valence-electron chi connectivity index (χ4n) is 4.70. The van der Waals surface area contributed by atoms with Crippen LogP contribution >= 0.6 is 11.6 Å². The van der Waals surface area contributed by atoms with Crippen LogP contribution in [-0.2, 0) is 16.8 Å². The van der Waals surface area contributed by atoms with Crippen LogP contribution < -0.4 is 24.7 Å². The van der Waals surface area contributed by atoms with Crippen molar-refractivity contribution in [2.45, 2.75) is 38.7 Å². The monoisotopic (exact) mass is 594 g/mol. The number of nitrogens with zero attached hydrogens (tertiary/aromatic N) is 1. The van der Waals surface area contributed by atoms with Gasteiger partial charge < -0.3 is 24.7 Å². The van der Waals surface area contributed by atoms with Crippen LogP contribution in [0, 0.1) is 11.3 Å². The Hall–Kier alpha value is -4.93. The van der Waals surface area contributed by atoms with Crippen molar-refractivity contribution < 1.29 is 23.7 Å². The lowest BCUT2D eigenvalue weighted by Crippen LogP contribution is -2.21. The smallest absolute Gasteiger partial charge is 0.349 e. The van der Waals surface area contributed by atoms with Crippen molar-refractivity contribution in [2.24, 2.45) is 5.73 Å². The van der Waals surface area contributed by atoms with E-state index in [1.54, 1.807) is 18.2 Å². The molecule has 0 fully saturated rings. The van der Waals surface area contributed by atoms with Crippen molar-refractivity contribution in [2.75, 3.05) is 6.61 Å². The van der Waals surface area contributed by atoms with Gasteiger partial charge >= 0.3 is 5.97 Å². The third-order valence-corrected chi connectivity index (χ3v) is 7.28. The summed E-state index contributed by atoms with van der Waals surface area (Å²) in [5.41, 5.74) is 10.2. The highest BCUT2D eigenvalue weighted by Crippen LogP contribution is 2.43. The maximum Gasteiger partial charge on any atom is 0.349 e. The molecule has 43 heavy (non-hydrogen) atoms. The molecule has 0 aromatic heterocycles. The fourth-order valence-corrected chi connectivity index (χ4v) is 4.83. The Morgan fingerprint density at radius 1 is 0.907 bits per heavy atom. The minimum Gasteiger partial charge on any atom is -0.489 e. The Labute approximate surface area is 256 Å². The number of ether oxygens (including phenoxy) is 4. The third-order valence-electron chi connectivity index (χ3n) is 7.03. The molecule has 0 amide bonds. The van der Waals surface area contributed by atoms with Gasteiger partial charge in [-0.1, -0.05) is 74.8 Å². The van der Waals surface area contributed by atoms with E-state index in [-0.39, 0.29) is 29.2 Å². The Morgan fingerprint density at radius 3 is 2.19 bits per heavy atom. The molecule has 1 atom stereocenters. The summed E-state index contributed by atoms with van der Waals surface area (Å²) in [4.78, 5) is 12.5. The van der Waals surface area contributed by atoms with Crippen molar-refractivity contribution in [1.82, 2.24) is 0 Å². The van der Waals surface area contributed by atoms with Crippen LogP contribution in [0.2, 0.25) is 5.02 Å². The molecule has 8 heteroatoms. The number of carbonyl (C=O) groups excluding carboxylic acids is 1. The standard InChI is InChI=1S/C35H31ClN2O5/c1-35(2,3)24-8-14-27(15-9-24)41-21-32(39)42-28-16-17-29-31(18-28)43-34(38)30(19-37)33(29)23-6-12-26(13-7-23)40-20-22-4-10-25(36)11-5-22/h4-18,33H,20-21,38H2,1-3H3. The van der Waals surface area contributed by atoms with Crippen LogP contribution in [0.25, 0.3) is 0 Å². The summed E-state index contributed by atoms with van der Waals surface area (Å²) < 4.78 is 22.8. The second kappa shape index (κ2) is 12.5.